The van der Waals surface area contributed by atoms with Crippen molar-refractivity contribution in [1.29, 1.82) is 0 Å². The van der Waals surface area contributed by atoms with Gasteiger partial charge < -0.3 is 15.0 Å². The minimum atomic E-state index is -0.0462. The van der Waals surface area contributed by atoms with Crippen LogP contribution in [0.1, 0.15) is 18.4 Å². The van der Waals surface area contributed by atoms with Crippen molar-refractivity contribution >= 4 is 29.0 Å². The minimum Gasteiger partial charge on any atom is -0.436 e. The van der Waals surface area contributed by atoms with Gasteiger partial charge in [-0.25, -0.2) is 9.97 Å². The summed E-state index contributed by atoms with van der Waals surface area (Å²) in [6, 6.07) is 15.0. The molecule has 0 atom stereocenters. The first-order valence-electron chi connectivity index (χ1n) is 9.95. The third-order valence-electron chi connectivity index (χ3n) is 5.16. The van der Waals surface area contributed by atoms with Crippen molar-refractivity contribution in [2.75, 3.05) is 23.3 Å². The predicted octanol–water partition coefficient (Wildman–Crippen LogP) is 5.09. The van der Waals surface area contributed by atoms with Gasteiger partial charge in [-0.2, -0.15) is 0 Å². The zero-order valence-corrected chi connectivity index (χ0v) is 17.5. The number of anilines is 2. The molecule has 1 aromatic heterocycles. The van der Waals surface area contributed by atoms with Crippen molar-refractivity contribution in [2.24, 2.45) is 5.92 Å². The van der Waals surface area contributed by atoms with Crippen molar-refractivity contribution in [3.05, 3.63) is 71.5 Å². The number of aromatic nitrogens is 2. The van der Waals surface area contributed by atoms with Crippen LogP contribution >= 0.6 is 11.6 Å². The fourth-order valence-electron chi connectivity index (χ4n) is 3.46. The fraction of sp³-hybridized carbons (Fsp3) is 0.261. The molecule has 0 spiro atoms. The number of nitrogens with zero attached hydrogens (tertiary/aromatic N) is 3. The standard InChI is InChI=1S/C23H23ClN4O2/c1-16-2-8-20(9-3-16)30-23-21(25-12-13-26-23)28-14-10-17(11-15-28)22(29)27-19-6-4-18(24)5-7-19/h2-9,12-13,17H,10-11,14-15H2,1H3,(H,27,29). The van der Waals surface area contributed by atoms with Gasteiger partial charge >= 0.3 is 0 Å². The van der Waals surface area contributed by atoms with E-state index in [0.717, 1.165) is 24.3 Å². The van der Waals surface area contributed by atoms with Crippen molar-refractivity contribution in [3.8, 4) is 11.6 Å². The van der Waals surface area contributed by atoms with Gasteiger partial charge in [-0.05, 0) is 56.2 Å². The van der Waals surface area contributed by atoms with Gasteiger partial charge in [0.25, 0.3) is 5.88 Å². The maximum atomic E-state index is 12.6. The molecule has 2 heterocycles. The Bertz CT molecular complexity index is 1000. The van der Waals surface area contributed by atoms with E-state index in [0.29, 0.717) is 29.8 Å². The lowest BCUT2D eigenvalue weighted by Gasteiger charge is -2.32. The maximum absolute atomic E-state index is 12.6. The fourth-order valence-corrected chi connectivity index (χ4v) is 3.58. The average molecular weight is 423 g/mol. The van der Waals surface area contributed by atoms with Crippen molar-refractivity contribution in [3.63, 3.8) is 0 Å². The summed E-state index contributed by atoms with van der Waals surface area (Å²) >= 11 is 5.90. The third kappa shape index (κ3) is 4.89. The summed E-state index contributed by atoms with van der Waals surface area (Å²) in [5, 5.41) is 3.62. The average Bonchev–Trinajstić information content (AvgIpc) is 2.77. The number of aryl methyl sites for hydroxylation is 1. The molecule has 154 valence electrons. The third-order valence-corrected chi connectivity index (χ3v) is 5.41. The molecule has 1 aliphatic heterocycles. The highest BCUT2D eigenvalue weighted by Gasteiger charge is 2.27. The zero-order chi connectivity index (χ0) is 20.9. The first-order chi connectivity index (χ1) is 14.6. The van der Waals surface area contributed by atoms with E-state index in [1.165, 1.54) is 5.56 Å². The van der Waals surface area contributed by atoms with Crippen molar-refractivity contribution < 1.29 is 9.53 Å². The molecule has 1 fully saturated rings. The van der Waals surface area contributed by atoms with E-state index in [-0.39, 0.29) is 11.8 Å². The molecule has 0 bridgehead atoms. The van der Waals surface area contributed by atoms with Crippen LogP contribution in [-0.2, 0) is 4.79 Å². The molecule has 1 aliphatic rings. The van der Waals surface area contributed by atoms with E-state index in [1.54, 1.807) is 24.5 Å². The lowest BCUT2D eigenvalue weighted by Crippen LogP contribution is -2.38. The first-order valence-corrected chi connectivity index (χ1v) is 10.3. The van der Waals surface area contributed by atoms with Gasteiger partial charge in [-0.1, -0.05) is 29.3 Å². The Kier molecular flexibility index (Phi) is 6.14. The molecule has 2 aromatic carbocycles. The molecule has 1 amide bonds. The Balaban J connectivity index is 1.38. The van der Waals surface area contributed by atoms with Crippen LogP contribution in [0.25, 0.3) is 0 Å². The molecule has 0 unspecified atom stereocenters. The number of halogens is 1. The molecule has 4 rings (SSSR count). The molecular weight excluding hydrogens is 400 g/mol. The van der Waals surface area contributed by atoms with E-state index in [4.69, 9.17) is 16.3 Å². The smallest absolute Gasteiger partial charge is 0.263 e. The SMILES string of the molecule is Cc1ccc(Oc2nccnc2N2CCC(C(=O)Nc3ccc(Cl)cc3)CC2)cc1. The van der Waals surface area contributed by atoms with Crippen molar-refractivity contribution in [1.82, 2.24) is 9.97 Å². The number of hydrogen-bond acceptors (Lipinski definition) is 5. The summed E-state index contributed by atoms with van der Waals surface area (Å²) in [7, 11) is 0. The second-order valence-corrected chi connectivity index (χ2v) is 7.79. The molecule has 1 N–H and O–H groups in total. The monoisotopic (exact) mass is 422 g/mol. The topological polar surface area (TPSA) is 67.4 Å². The summed E-state index contributed by atoms with van der Waals surface area (Å²) in [6.07, 6.45) is 4.76. The molecule has 30 heavy (non-hydrogen) atoms. The van der Waals surface area contributed by atoms with Gasteiger partial charge in [0.05, 0.1) is 0 Å². The van der Waals surface area contributed by atoms with E-state index >= 15 is 0 Å². The summed E-state index contributed by atoms with van der Waals surface area (Å²) in [6.45, 7) is 3.45. The Morgan fingerprint density at radius 1 is 1.03 bits per heavy atom. The normalized spacial score (nSPS) is 14.4. The van der Waals surface area contributed by atoms with E-state index in [1.807, 2.05) is 43.3 Å². The summed E-state index contributed by atoms with van der Waals surface area (Å²) in [5.41, 5.74) is 1.93. The Morgan fingerprint density at radius 3 is 2.40 bits per heavy atom. The van der Waals surface area contributed by atoms with Crippen LogP contribution < -0.4 is 15.0 Å². The second kappa shape index (κ2) is 9.13. The lowest BCUT2D eigenvalue weighted by atomic mass is 9.96. The summed E-state index contributed by atoms with van der Waals surface area (Å²) in [4.78, 5) is 23.6. The Labute approximate surface area is 180 Å². The lowest BCUT2D eigenvalue weighted by molar-refractivity contribution is -0.120. The van der Waals surface area contributed by atoms with E-state index < -0.39 is 0 Å². The van der Waals surface area contributed by atoms with Crippen LogP contribution in [0, 0.1) is 12.8 Å². The van der Waals surface area contributed by atoms with E-state index in [9.17, 15) is 4.79 Å². The number of benzene rings is 2. The van der Waals surface area contributed by atoms with Crippen LogP contribution in [0.15, 0.2) is 60.9 Å². The quantitative estimate of drug-likeness (QED) is 0.620. The van der Waals surface area contributed by atoms with E-state index in [2.05, 4.69) is 20.2 Å². The number of rotatable bonds is 5. The van der Waals surface area contributed by atoms with Gasteiger partial charge in [-0.15, -0.1) is 0 Å². The highest BCUT2D eigenvalue weighted by Crippen LogP contribution is 2.31. The van der Waals surface area contributed by atoms with Gasteiger partial charge in [0.1, 0.15) is 5.75 Å². The molecule has 7 heteroatoms. The second-order valence-electron chi connectivity index (χ2n) is 7.36. The molecule has 1 saturated heterocycles. The number of hydrogen-bond donors (Lipinski definition) is 1. The van der Waals surface area contributed by atoms with Crippen LogP contribution in [-0.4, -0.2) is 29.0 Å². The molecule has 0 radical (unpaired) electrons. The molecule has 0 aliphatic carbocycles. The molecular formula is C23H23ClN4O2. The van der Waals surface area contributed by atoms with Gasteiger partial charge in [-0.3, -0.25) is 4.79 Å². The highest BCUT2D eigenvalue weighted by molar-refractivity contribution is 6.30. The van der Waals surface area contributed by atoms with Crippen LogP contribution in [0.5, 0.6) is 11.6 Å². The zero-order valence-electron chi connectivity index (χ0n) is 16.7. The summed E-state index contributed by atoms with van der Waals surface area (Å²) < 4.78 is 5.98. The molecule has 3 aromatic rings. The Morgan fingerprint density at radius 2 is 1.70 bits per heavy atom. The number of amides is 1. The Hall–Kier alpha value is -3.12. The number of carbonyl (C=O) groups is 1. The van der Waals surface area contributed by atoms with Crippen LogP contribution in [0.3, 0.4) is 0 Å². The van der Waals surface area contributed by atoms with Crippen molar-refractivity contribution in [2.45, 2.75) is 19.8 Å². The highest BCUT2D eigenvalue weighted by atomic mass is 35.5. The van der Waals surface area contributed by atoms with Crippen LogP contribution in [0.4, 0.5) is 11.5 Å². The van der Waals surface area contributed by atoms with Gasteiger partial charge in [0, 0.05) is 42.1 Å². The maximum Gasteiger partial charge on any atom is 0.263 e. The number of ether oxygens (including phenoxy) is 1. The number of piperidine rings is 1. The number of carbonyl (C=O) groups excluding carboxylic acids is 1. The molecule has 0 saturated carbocycles. The first kappa shape index (κ1) is 20.2. The predicted molar refractivity (Wildman–Crippen MR) is 118 cm³/mol. The largest absolute Gasteiger partial charge is 0.436 e. The van der Waals surface area contributed by atoms with Crippen LogP contribution in [0.2, 0.25) is 5.02 Å². The number of nitrogens with one attached hydrogen (secondary N) is 1. The van der Waals surface area contributed by atoms with Gasteiger partial charge in [0.15, 0.2) is 5.82 Å². The van der Waals surface area contributed by atoms with Gasteiger partial charge in [0.2, 0.25) is 5.91 Å². The molecule has 6 nitrogen and oxygen atoms in total. The minimum absolute atomic E-state index is 0.0345. The summed E-state index contributed by atoms with van der Waals surface area (Å²) in [5.74, 6) is 1.89.